The molecule has 1 atom stereocenters. The third-order valence-electron chi connectivity index (χ3n) is 6.41. The van der Waals surface area contributed by atoms with Gasteiger partial charge >= 0.3 is 12.0 Å². The Labute approximate surface area is 207 Å². The molecule has 8 nitrogen and oxygen atoms in total. The molecule has 180 valence electrons. The van der Waals surface area contributed by atoms with E-state index in [9.17, 15) is 19.5 Å². The predicted molar refractivity (Wildman–Crippen MR) is 129 cm³/mol. The Hall–Kier alpha value is -2.81. The molecular weight excluding hydrogens is 479 g/mol. The Kier molecular flexibility index (Phi) is 7.30. The van der Waals surface area contributed by atoms with Gasteiger partial charge in [-0.15, -0.1) is 0 Å². The number of urea groups is 1. The molecule has 2 aliphatic rings. The minimum atomic E-state index is -1.06. The second-order valence-corrected chi connectivity index (χ2v) is 9.44. The van der Waals surface area contributed by atoms with Crippen molar-refractivity contribution < 1.29 is 19.5 Å². The van der Waals surface area contributed by atoms with Crippen LogP contribution in [0.5, 0.6) is 0 Å². The van der Waals surface area contributed by atoms with Crippen LogP contribution in [0.25, 0.3) is 0 Å². The summed E-state index contributed by atoms with van der Waals surface area (Å²) in [6.45, 7) is 0.711. The van der Waals surface area contributed by atoms with Crippen LogP contribution in [0.2, 0.25) is 10.0 Å². The molecule has 2 fully saturated rings. The fourth-order valence-corrected chi connectivity index (χ4v) is 4.97. The van der Waals surface area contributed by atoms with E-state index < -0.39 is 17.7 Å². The second kappa shape index (κ2) is 10.2. The van der Waals surface area contributed by atoms with E-state index in [4.69, 9.17) is 23.2 Å². The van der Waals surface area contributed by atoms with Gasteiger partial charge in [0.25, 0.3) is 0 Å². The van der Waals surface area contributed by atoms with Crippen LogP contribution >= 0.6 is 23.2 Å². The first-order valence-electron chi connectivity index (χ1n) is 11.1. The van der Waals surface area contributed by atoms with Gasteiger partial charge in [-0.3, -0.25) is 14.9 Å². The molecule has 0 aromatic heterocycles. The lowest BCUT2D eigenvalue weighted by atomic mass is 9.96. The molecular formula is C24H26Cl2N4O4. The summed E-state index contributed by atoms with van der Waals surface area (Å²) >= 11 is 12.0. The number of benzene rings is 2. The van der Waals surface area contributed by atoms with Gasteiger partial charge < -0.3 is 20.2 Å². The monoisotopic (exact) mass is 504 g/mol. The Bertz CT molecular complexity index is 1070. The molecule has 0 aliphatic carbocycles. The summed E-state index contributed by atoms with van der Waals surface area (Å²) < 4.78 is 0. The highest BCUT2D eigenvalue weighted by molar-refractivity contribution is 6.42. The van der Waals surface area contributed by atoms with Crippen molar-refractivity contribution in [1.82, 2.24) is 20.4 Å². The fourth-order valence-electron chi connectivity index (χ4n) is 4.65. The largest absolute Gasteiger partial charge is 0.480 e. The molecule has 0 saturated carbocycles. The highest BCUT2D eigenvalue weighted by atomic mass is 35.5. The van der Waals surface area contributed by atoms with Crippen molar-refractivity contribution in [3.05, 3.63) is 69.7 Å². The van der Waals surface area contributed by atoms with Crippen molar-refractivity contribution in [2.45, 2.75) is 37.5 Å². The fraction of sp³-hybridized carbons (Fsp3) is 0.375. The summed E-state index contributed by atoms with van der Waals surface area (Å²) in [6, 6.07) is 14.1. The number of nitrogens with zero attached hydrogens (tertiary/aromatic N) is 2. The number of carboxylic acid groups (broad SMARTS) is 1. The number of hydrogen-bond acceptors (Lipinski definition) is 4. The van der Waals surface area contributed by atoms with E-state index >= 15 is 0 Å². The average Bonchev–Trinajstić information content (AvgIpc) is 3.05. The van der Waals surface area contributed by atoms with E-state index in [-0.39, 0.29) is 18.5 Å². The number of aliphatic carboxylic acids is 1. The molecule has 10 heteroatoms. The molecule has 3 N–H and O–H groups in total. The lowest BCUT2D eigenvalue weighted by molar-refractivity contribution is -0.147. The first-order valence-corrected chi connectivity index (χ1v) is 11.8. The van der Waals surface area contributed by atoms with Crippen LogP contribution in [0.1, 0.15) is 24.0 Å². The number of halogens is 2. The average molecular weight is 505 g/mol. The van der Waals surface area contributed by atoms with Gasteiger partial charge in [0.15, 0.2) is 0 Å². The van der Waals surface area contributed by atoms with Crippen molar-refractivity contribution in [2.24, 2.45) is 0 Å². The number of carbonyl (C=O) groups is 3. The van der Waals surface area contributed by atoms with E-state index in [0.717, 1.165) is 11.1 Å². The zero-order valence-corrected chi connectivity index (χ0v) is 20.0. The summed E-state index contributed by atoms with van der Waals surface area (Å²) in [5.41, 5.74) is 1.05. The van der Waals surface area contributed by atoms with Crippen LogP contribution in [0.15, 0.2) is 48.5 Å². The number of nitrogens with one attached hydrogen (secondary N) is 2. The van der Waals surface area contributed by atoms with Gasteiger partial charge in [-0.1, -0.05) is 59.6 Å². The standard InChI is InChI=1S/C24H26Cl2N4O4/c25-18-7-6-17(12-19(18)26)14-27-23(34)29-10-8-24(9-11-29)28-20(13-16-4-2-1-3-5-16)22(33)30(24)15-21(31)32/h1-7,12,20,28H,8-11,13-15H2,(H,27,34)(H,31,32). The van der Waals surface area contributed by atoms with Gasteiger partial charge in [-0.25, -0.2) is 4.79 Å². The maximum atomic E-state index is 13.1. The van der Waals surface area contributed by atoms with E-state index in [1.54, 1.807) is 23.1 Å². The number of carbonyl (C=O) groups excluding carboxylic acids is 2. The van der Waals surface area contributed by atoms with Crippen molar-refractivity contribution in [1.29, 1.82) is 0 Å². The smallest absolute Gasteiger partial charge is 0.323 e. The third-order valence-corrected chi connectivity index (χ3v) is 7.14. The van der Waals surface area contributed by atoms with Crippen LogP contribution in [0, 0.1) is 0 Å². The minimum Gasteiger partial charge on any atom is -0.480 e. The van der Waals surface area contributed by atoms with Gasteiger partial charge in [0, 0.05) is 32.5 Å². The summed E-state index contributed by atoms with van der Waals surface area (Å²) in [7, 11) is 0. The normalized spacial score (nSPS) is 19.5. The maximum Gasteiger partial charge on any atom is 0.323 e. The number of carboxylic acids is 1. The van der Waals surface area contributed by atoms with Crippen molar-refractivity contribution in [2.75, 3.05) is 19.6 Å². The van der Waals surface area contributed by atoms with Gasteiger partial charge in [0.1, 0.15) is 6.54 Å². The van der Waals surface area contributed by atoms with E-state index in [1.165, 1.54) is 4.90 Å². The lowest BCUT2D eigenvalue weighted by Crippen LogP contribution is -2.61. The maximum absolute atomic E-state index is 13.1. The van der Waals surface area contributed by atoms with E-state index in [0.29, 0.717) is 48.9 Å². The molecule has 2 aliphatic heterocycles. The van der Waals surface area contributed by atoms with E-state index in [1.807, 2.05) is 30.3 Å². The molecule has 2 aromatic carbocycles. The van der Waals surface area contributed by atoms with E-state index in [2.05, 4.69) is 10.6 Å². The van der Waals surface area contributed by atoms with Gasteiger partial charge in [-0.05, 0) is 29.7 Å². The lowest BCUT2D eigenvalue weighted by Gasteiger charge is -2.44. The first kappa shape index (κ1) is 24.3. The molecule has 34 heavy (non-hydrogen) atoms. The SMILES string of the molecule is O=C(O)CN1C(=O)C(Cc2ccccc2)NC12CCN(C(=O)NCc1ccc(Cl)c(Cl)c1)CC2. The quantitative estimate of drug-likeness (QED) is 0.560. The Balaban J connectivity index is 1.39. The minimum absolute atomic E-state index is 0.219. The molecule has 2 aromatic rings. The highest BCUT2D eigenvalue weighted by Crippen LogP contribution is 2.33. The number of likely N-dealkylation sites (tertiary alicyclic amines) is 1. The molecule has 0 radical (unpaired) electrons. The van der Waals surface area contributed by atoms with Gasteiger partial charge in [0.05, 0.1) is 21.7 Å². The van der Waals surface area contributed by atoms with Crippen molar-refractivity contribution in [3.63, 3.8) is 0 Å². The first-order chi connectivity index (χ1) is 16.3. The topological polar surface area (TPSA) is 102 Å². The summed E-state index contributed by atoms with van der Waals surface area (Å²) in [4.78, 5) is 40.5. The zero-order valence-electron chi connectivity index (χ0n) is 18.5. The van der Waals surface area contributed by atoms with Crippen LogP contribution in [0.4, 0.5) is 4.79 Å². The Morgan fingerprint density at radius 1 is 1.06 bits per heavy atom. The van der Waals surface area contributed by atoms with Crippen LogP contribution < -0.4 is 10.6 Å². The highest BCUT2D eigenvalue weighted by Gasteiger charge is 2.52. The molecule has 3 amide bonds. The van der Waals surface area contributed by atoms with Crippen molar-refractivity contribution >= 4 is 41.1 Å². The zero-order chi connectivity index (χ0) is 24.3. The second-order valence-electron chi connectivity index (χ2n) is 8.63. The molecule has 1 spiro atoms. The number of hydrogen-bond donors (Lipinski definition) is 3. The predicted octanol–water partition coefficient (Wildman–Crippen LogP) is 3.12. The van der Waals surface area contributed by atoms with Crippen LogP contribution in [-0.4, -0.2) is 64.2 Å². The van der Waals surface area contributed by atoms with Gasteiger partial charge in [-0.2, -0.15) is 0 Å². The van der Waals surface area contributed by atoms with Crippen molar-refractivity contribution in [3.8, 4) is 0 Å². The molecule has 1 unspecified atom stereocenters. The molecule has 2 saturated heterocycles. The molecule has 0 bridgehead atoms. The summed E-state index contributed by atoms with van der Waals surface area (Å²) in [6.07, 6.45) is 1.36. The van der Waals surface area contributed by atoms with Crippen LogP contribution in [0.3, 0.4) is 0 Å². The Morgan fingerprint density at radius 2 is 1.76 bits per heavy atom. The number of rotatable bonds is 6. The third kappa shape index (κ3) is 5.29. The van der Waals surface area contributed by atoms with Gasteiger partial charge in [0.2, 0.25) is 5.91 Å². The van der Waals surface area contributed by atoms with Crippen LogP contribution in [-0.2, 0) is 22.6 Å². The number of piperidine rings is 1. The molecule has 4 rings (SSSR count). The molecule has 2 heterocycles. The Morgan fingerprint density at radius 3 is 2.41 bits per heavy atom. The number of amides is 3. The summed E-state index contributed by atoms with van der Waals surface area (Å²) in [5, 5.41) is 16.6. The summed E-state index contributed by atoms with van der Waals surface area (Å²) in [5.74, 6) is -1.28.